The van der Waals surface area contributed by atoms with Crippen molar-refractivity contribution in [3.63, 3.8) is 0 Å². The monoisotopic (exact) mass is 411 g/mol. The van der Waals surface area contributed by atoms with Crippen molar-refractivity contribution in [3.05, 3.63) is 54.0 Å². The van der Waals surface area contributed by atoms with Gasteiger partial charge in [0.25, 0.3) is 5.91 Å². The van der Waals surface area contributed by atoms with Crippen LogP contribution in [-0.4, -0.2) is 17.5 Å². The number of hydrogen-bond acceptors (Lipinski definition) is 4. The number of amides is 2. The highest BCUT2D eigenvalue weighted by Gasteiger charge is 2.09. The molecule has 6 nitrogen and oxygen atoms in total. The summed E-state index contributed by atoms with van der Waals surface area (Å²) in [7, 11) is 0. The predicted octanol–water partition coefficient (Wildman–Crippen LogP) is 5.90. The number of unbranched alkanes of at least 4 members (excludes halogenated alkanes) is 7. The van der Waals surface area contributed by atoms with Crippen LogP contribution in [0.3, 0.4) is 0 Å². The van der Waals surface area contributed by atoms with Gasteiger partial charge in [-0.2, -0.15) is 5.10 Å². The predicted molar refractivity (Wildman–Crippen MR) is 121 cm³/mol. The molecule has 2 rings (SSSR count). The van der Waals surface area contributed by atoms with E-state index in [1.165, 1.54) is 44.8 Å². The number of carbonyl (C=O) groups excluding carboxylic acids is 2. The van der Waals surface area contributed by atoms with E-state index in [0.717, 1.165) is 18.4 Å². The molecule has 0 atom stereocenters. The van der Waals surface area contributed by atoms with E-state index in [1.54, 1.807) is 24.3 Å². The molecule has 0 spiro atoms. The topological polar surface area (TPSA) is 83.7 Å². The number of hydrazone groups is 1. The summed E-state index contributed by atoms with van der Waals surface area (Å²) in [6.45, 7) is 4.06. The average Bonchev–Trinajstić information content (AvgIpc) is 3.29. The molecule has 0 bridgehead atoms. The molecule has 0 aliphatic heterocycles. The van der Waals surface area contributed by atoms with Crippen molar-refractivity contribution >= 4 is 23.2 Å². The molecular formula is C24H33N3O3. The zero-order valence-electron chi connectivity index (χ0n) is 18.1. The molecule has 0 saturated carbocycles. The lowest BCUT2D eigenvalue weighted by Crippen LogP contribution is -2.18. The second kappa shape index (κ2) is 13.4. The van der Waals surface area contributed by atoms with Gasteiger partial charge in [-0.1, -0.05) is 64.0 Å². The van der Waals surface area contributed by atoms with E-state index in [-0.39, 0.29) is 17.6 Å². The zero-order chi connectivity index (χ0) is 21.6. The highest BCUT2D eigenvalue weighted by molar-refractivity contribution is 6.03. The standard InChI is InChI=1S/C24H33N3O3/c1-3-4-5-6-7-8-9-10-13-23(28)27-26-19(2)20-14-16-21(17-15-20)25-24(29)22-12-11-18-30-22/h11-12,14-18H,3-10,13H2,1-2H3,(H,25,29)(H,27,28). The number of carbonyl (C=O) groups is 2. The Morgan fingerprint density at radius 1 is 0.933 bits per heavy atom. The quantitative estimate of drug-likeness (QED) is 0.244. The summed E-state index contributed by atoms with van der Waals surface area (Å²) < 4.78 is 5.07. The summed E-state index contributed by atoms with van der Waals surface area (Å²) in [6.07, 6.45) is 11.6. The largest absolute Gasteiger partial charge is 0.459 e. The van der Waals surface area contributed by atoms with Crippen LogP contribution < -0.4 is 10.7 Å². The Morgan fingerprint density at radius 3 is 2.23 bits per heavy atom. The maximum Gasteiger partial charge on any atom is 0.291 e. The van der Waals surface area contributed by atoms with Crippen LogP contribution in [-0.2, 0) is 4.79 Å². The van der Waals surface area contributed by atoms with Crippen molar-refractivity contribution in [2.24, 2.45) is 5.10 Å². The van der Waals surface area contributed by atoms with E-state index in [4.69, 9.17) is 4.42 Å². The van der Waals surface area contributed by atoms with Crippen molar-refractivity contribution in [2.45, 2.75) is 71.6 Å². The molecule has 2 N–H and O–H groups in total. The minimum atomic E-state index is -0.300. The van der Waals surface area contributed by atoms with Crippen LogP contribution in [0.5, 0.6) is 0 Å². The Kier molecular flexibility index (Phi) is 10.4. The van der Waals surface area contributed by atoms with Gasteiger partial charge in [-0.3, -0.25) is 9.59 Å². The molecule has 162 valence electrons. The van der Waals surface area contributed by atoms with E-state index in [0.29, 0.717) is 17.8 Å². The summed E-state index contributed by atoms with van der Waals surface area (Å²) in [4.78, 5) is 23.9. The smallest absolute Gasteiger partial charge is 0.291 e. The molecule has 0 saturated heterocycles. The molecule has 1 aromatic heterocycles. The van der Waals surface area contributed by atoms with E-state index < -0.39 is 0 Å². The first-order chi connectivity index (χ1) is 14.6. The number of rotatable bonds is 13. The minimum absolute atomic E-state index is 0.0531. The Bertz CT molecular complexity index is 796. The molecule has 30 heavy (non-hydrogen) atoms. The zero-order valence-corrected chi connectivity index (χ0v) is 18.1. The fraction of sp³-hybridized carbons (Fsp3) is 0.458. The molecule has 0 unspecified atom stereocenters. The van der Waals surface area contributed by atoms with Crippen LogP contribution >= 0.6 is 0 Å². The second-order valence-corrected chi connectivity index (χ2v) is 7.47. The summed E-state index contributed by atoms with van der Waals surface area (Å²) in [5.74, 6) is -0.0925. The lowest BCUT2D eigenvalue weighted by molar-refractivity contribution is -0.121. The van der Waals surface area contributed by atoms with Crippen LogP contribution in [0.2, 0.25) is 0 Å². The molecule has 2 aromatic rings. The van der Waals surface area contributed by atoms with Gasteiger partial charge in [-0.15, -0.1) is 0 Å². The van der Waals surface area contributed by atoms with Crippen molar-refractivity contribution in [3.8, 4) is 0 Å². The van der Waals surface area contributed by atoms with Crippen LogP contribution in [0.1, 0.15) is 87.8 Å². The third-order valence-electron chi connectivity index (χ3n) is 4.91. The number of nitrogens with zero attached hydrogens (tertiary/aromatic N) is 1. The Labute approximate surface area is 179 Å². The van der Waals surface area contributed by atoms with E-state index in [9.17, 15) is 9.59 Å². The maximum atomic E-state index is 12.0. The summed E-state index contributed by atoms with van der Waals surface area (Å²) in [6, 6.07) is 10.6. The normalized spacial score (nSPS) is 11.3. The lowest BCUT2D eigenvalue weighted by atomic mass is 10.1. The van der Waals surface area contributed by atoms with Crippen molar-refractivity contribution in [1.29, 1.82) is 0 Å². The summed E-state index contributed by atoms with van der Waals surface area (Å²) in [5, 5.41) is 6.96. The Balaban J connectivity index is 1.68. The molecule has 0 fully saturated rings. The fourth-order valence-electron chi connectivity index (χ4n) is 3.08. The minimum Gasteiger partial charge on any atom is -0.459 e. The van der Waals surface area contributed by atoms with Gasteiger partial charge in [0.05, 0.1) is 12.0 Å². The first-order valence-electron chi connectivity index (χ1n) is 10.9. The SMILES string of the molecule is CCCCCCCCCCC(=O)NN=C(C)c1ccc(NC(=O)c2ccco2)cc1. The molecule has 1 aromatic carbocycles. The van der Waals surface area contributed by atoms with Gasteiger partial charge in [-0.05, 0) is 43.2 Å². The van der Waals surface area contributed by atoms with Gasteiger partial charge >= 0.3 is 0 Å². The van der Waals surface area contributed by atoms with Crippen LogP contribution in [0.4, 0.5) is 5.69 Å². The van der Waals surface area contributed by atoms with Crippen LogP contribution in [0, 0.1) is 0 Å². The van der Waals surface area contributed by atoms with Crippen molar-refractivity contribution < 1.29 is 14.0 Å². The number of furan rings is 1. The van der Waals surface area contributed by atoms with Crippen molar-refractivity contribution in [2.75, 3.05) is 5.32 Å². The molecule has 2 amide bonds. The molecule has 0 aliphatic rings. The first kappa shape index (κ1) is 23.4. The van der Waals surface area contributed by atoms with E-state index >= 15 is 0 Å². The molecule has 6 heteroatoms. The molecule has 0 radical (unpaired) electrons. The molecule has 0 aliphatic carbocycles. The highest BCUT2D eigenvalue weighted by Crippen LogP contribution is 2.13. The van der Waals surface area contributed by atoms with Crippen LogP contribution in [0.15, 0.2) is 52.2 Å². The fourth-order valence-corrected chi connectivity index (χ4v) is 3.08. The van der Waals surface area contributed by atoms with Gasteiger partial charge in [0.15, 0.2) is 5.76 Å². The Hall–Kier alpha value is -2.89. The number of nitrogens with one attached hydrogen (secondary N) is 2. The van der Waals surface area contributed by atoms with Gasteiger partial charge < -0.3 is 9.73 Å². The highest BCUT2D eigenvalue weighted by atomic mass is 16.3. The summed E-state index contributed by atoms with van der Waals surface area (Å²) >= 11 is 0. The third-order valence-corrected chi connectivity index (χ3v) is 4.91. The first-order valence-corrected chi connectivity index (χ1v) is 10.9. The van der Waals surface area contributed by atoms with Gasteiger partial charge in [0.2, 0.25) is 5.91 Å². The van der Waals surface area contributed by atoms with E-state index in [1.807, 2.05) is 19.1 Å². The van der Waals surface area contributed by atoms with Gasteiger partial charge in [-0.25, -0.2) is 5.43 Å². The van der Waals surface area contributed by atoms with Gasteiger partial charge in [0.1, 0.15) is 0 Å². The second-order valence-electron chi connectivity index (χ2n) is 7.47. The van der Waals surface area contributed by atoms with Crippen LogP contribution in [0.25, 0.3) is 0 Å². The number of anilines is 1. The van der Waals surface area contributed by atoms with Gasteiger partial charge in [0, 0.05) is 12.1 Å². The third kappa shape index (κ3) is 8.64. The van der Waals surface area contributed by atoms with E-state index in [2.05, 4.69) is 22.8 Å². The molecular weight excluding hydrogens is 378 g/mol. The van der Waals surface area contributed by atoms with Crippen molar-refractivity contribution in [1.82, 2.24) is 5.43 Å². The average molecular weight is 412 g/mol. The number of benzene rings is 1. The summed E-state index contributed by atoms with van der Waals surface area (Å²) in [5.41, 5.74) is 4.88. The Morgan fingerprint density at radius 2 is 1.60 bits per heavy atom. The lowest BCUT2D eigenvalue weighted by Gasteiger charge is -2.06. The number of hydrogen-bond donors (Lipinski definition) is 2. The molecule has 1 heterocycles. The maximum absolute atomic E-state index is 12.0.